The molecule has 3 rings (SSSR count). The Morgan fingerprint density at radius 1 is 1.50 bits per heavy atom. The van der Waals surface area contributed by atoms with Crippen LogP contribution in [0, 0.1) is 0 Å². The third-order valence-electron chi connectivity index (χ3n) is 3.41. The molecule has 18 heavy (non-hydrogen) atoms. The number of benzene rings is 1. The van der Waals surface area contributed by atoms with E-state index < -0.39 is 12.1 Å². The van der Waals surface area contributed by atoms with Crippen LogP contribution in [-0.4, -0.2) is 20.8 Å². The Kier molecular flexibility index (Phi) is 2.81. The van der Waals surface area contributed by atoms with Crippen molar-refractivity contribution in [3.63, 3.8) is 0 Å². The molecule has 2 aromatic rings. The summed E-state index contributed by atoms with van der Waals surface area (Å²) in [5, 5.41) is 10.4. The second-order valence-corrected chi connectivity index (χ2v) is 5.41. The highest BCUT2D eigenvalue weighted by Crippen LogP contribution is 2.40. The quantitative estimate of drug-likeness (QED) is 0.896. The van der Waals surface area contributed by atoms with Crippen LogP contribution in [0.25, 0.3) is 11.0 Å². The lowest BCUT2D eigenvalue weighted by atomic mass is 10.2. The third-order valence-corrected chi connectivity index (χ3v) is 3.64. The first-order chi connectivity index (χ1) is 8.58. The maximum absolute atomic E-state index is 9.68. The van der Waals surface area contributed by atoms with Gasteiger partial charge in [0.25, 0.3) is 0 Å². The standard InChI is InChI=1S/C13H16ClN3O/c1-7(18)12(15)13-16-10-5-2-8(14)6-11(10)17(13)9-3-4-9/h2,5-7,9,12,18H,3-4,15H2,1H3. The maximum Gasteiger partial charge on any atom is 0.129 e. The first-order valence-electron chi connectivity index (χ1n) is 6.19. The first-order valence-corrected chi connectivity index (χ1v) is 6.56. The molecule has 0 bridgehead atoms. The van der Waals surface area contributed by atoms with Crippen LogP contribution in [0.2, 0.25) is 5.02 Å². The van der Waals surface area contributed by atoms with Crippen molar-refractivity contribution in [3.8, 4) is 0 Å². The van der Waals surface area contributed by atoms with Crippen LogP contribution in [0.15, 0.2) is 18.2 Å². The van der Waals surface area contributed by atoms with E-state index >= 15 is 0 Å². The molecule has 1 aliphatic carbocycles. The molecule has 0 amide bonds. The first kappa shape index (κ1) is 12.0. The summed E-state index contributed by atoms with van der Waals surface area (Å²) in [6.07, 6.45) is 1.66. The molecule has 1 heterocycles. The predicted molar refractivity (Wildman–Crippen MR) is 71.6 cm³/mol. The zero-order valence-electron chi connectivity index (χ0n) is 10.2. The number of hydrogen-bond donors (Lipinski definition) is 2. The van der Waals surface area contributed by atoms with Crippen LogP contribution in [0.5, 0.6) is 0 Å². The van der Waals surface area contributed by atoms with Gasteiger partial charge in [0.1, 0.15) is 5.82 Å². The van der Waals surface area contributed by atoms with Crippen molar-refractivity contribution >= 4 is 22.6 Å². The number of hydrogen-bond acceptors (Lipinski definition) is 3. The van der Waals surface area contributed by atoms with E-state index in [2.05, 4.69) is 9.55 Å². The molecule has 1 aromatic heterocycles. The van der Waals surface area contributed by atoms with Crippen LogP contribution < -0.4 is 5.73 Å². The Morgan fingerprint density at radius 3 is 2.83 bits per heavy atom. The number of aromatic nitrogens is 2. The van der Waals surface area contributed by atoms with E-state index in [4.69, 9.17) is 17.3 Å². The lowest BCUT2D eigenvalue weighted by Gasteiger charge is -2.16. The Hall–Kier alpha value is -1.10. The van der Waals surface area contributed by atoms with Crippen molar-refractivity contribution in [1.82, 2.24) is 9.55 Å². The van der Waals surface area contributed by atoms with Crippen molar-refractivity contribution in [2.45, 2.75) is 38.0 Å². The molecule has 1 aliphatic rings. The van der Waals surface area contributed by atoms with Gasteiger partial charge in [-0.25, -0.2) is 4.98 Å². The fourth-order valence-corrected chi connectivity index (χ4v) is 2.42. The molecule has 1 saturated carbocycles. The topological polar surface area (TPSA) is 64.1 Å². The highest BCUT2D eigenvalue weighted by molar-refractivity contribution is 6.31. The highest BCUT2D eigenvalue weighted by atomic mass is 35.5. The molecule has 0 aliphatic heterocycles. The lowest BCUT2D eigenvalue weighted by molar-refractivity contribution is 0.159. The minimum atomic E-state index is -0.616. The van der Waals surface area contributed by atoms with E-state index in [1.54, 1.807) is 6.92 Å². The zero-order valence-corrected chi connectivity index (χ0v) is 10.9. The lowest BCUT2D eigenvalue weighted by Crippen LogP contribution is -2.26. The number of fused-ring (bicyclic) bond motifs is 1. The zero-order chi connectivity index (χ0) is 12.9. The van der Waals surface area contributed by atoms with Crippen molar-refractivity contribution in [2.75, 3.05) is 0 Å². The van der Waals surface area contributed by atoms with Crippen molar-refractivity contribution in [3.05, 3.63) is 29.0 Å². The summed E-state index contributed by atoms with van der Waals surface area (Å²) in [6.45, 7) is 1.69. The summed E-state index contributed by atoms with van der Waals surface area (Å²) < 4.78 is 2.14. The van der Waals surface area contributed by atoms with Gasteiger partial charge in [-0.1, -0.05) is 11.6 Å². The molecular weight excluding hydrogens is 250 g/mol. The van der Waals surface area contributed by atoms with Gasteiger partial charge in [-0.15, -0.1) is 0 Å². The van der Waals surface area contributed by atoms with Crippen molar-refractivity contribution in [2.24, 2.45) is 5.73 Å². The summed E-state index contributed by atoms with van der Waals surface area (Å²) in [6, 6.07) is 5.63. The molecule has 1 fully saturated rings. The van der Waals surface area contributed by atoms with Crippen molar-refractivity contribution < 1.29 is 5.11 Å². The second-order valence-electron chi connectivity index (χ2n) is 4.97. The fourth-order valence-electron chi connectivity index (χ4n) is 2.25. The fraction of sp³-hybridized carbons (Fsp3) is 0.462. The van der Waals surface area contributed by atoms with Gasteiger partial charge in [0, 0.05) is 11.1 Å². The van der Waals surface area contributed by atoms with E-state index in [1.807, 2.05) is 18.2 Å². The number of rotatable bonds is 3. The highest BCUT2D eigenvalue weighted by Gasteiger charge is 2.31. The van der Waals surface area contributed by atoms with Crippen LogP contribution in [0.3, 0.4) is 0 Å². The van der Waals surface area contributed by atoms with Gasteiger partial charge in [-0.2, -0.15) is 0 Å². The van der Waals surface area contributed by atoms with Gasteiger partial charge in [-0.3, -0.25) is 0 Å². The second kappa shape index (κ2) is 4.23. The molecular formula is C13H16ClN3O. The summed E-state index contributed by atoms with van der Waals surface area (Å²) in [5.41, 5.74) is 7.94. The molecule has 2 atom stereocenters. The molecule has 0 radical (unpaired) electrons. The third kappa shape index (κ3) is 1.90. The molecule has 3 N–H and O–H groups in total. The summed E-state index contributed by atoms with van der Waals surface area (Å²) in [7, 11) is 0. The molecule has 1 aromatic carbocycles. The predicted octanol–water partition coefficient (Wildman–Crippen LogP) is 2.41. The number of nitrogens with zero attached hydrogens (tertiary/aromatic N) is 2. The average molecular weight is 266 g/mol. The van der Waals surface area contributed by atoms with E-state index in [1.165, 1.54) is 0 Å². The van der Waals surface area contributed by atoms with Crippen LogP contribution in [0.1, 0.15) is 37.7 Å². The van der Waals surface area contributed by atoms with Crippen LogP contribution in [-0.2, 0) is 0 Å². The normalized spacial score (nSPS) is 19.1. The van der Waals surface area contributed by atoms with E-state index in [-0.39, 0.29) is 0 Å². The van der Waals surface area contributed by atoms with Crippen molar-refractivity contribution in [1.29, 1.82) is 0 Å². The number of aliphatic hydroxyl groups is 1. The van der Waals surface area contributed by atoms with Gasteiger partial charge < -0.3 is 15.4 Å². The van der Waals surface area contributed by atoms with Gasteiger partial charge in [0.2, 0.25) is 0 Å². The largest absolute Gasteiger partial charge is 0.391 e. The molecule has 2 unspecified atom stereocenters. The van der Waals surface area contributed by atoms with Gasteiger partial charge in [0.05, 0.1) is 23.2 Å². The Bertz CT molecular complexity index is 589. The minimum absolute atomic E-state index is 0.452. The summed E-state index contributed by atoms with van der Waals surface area (Å²) in [4.78, 5) is 4.56. The summed E-state index contributed by atoms with van der Waals surface area (Å²) >= 11 is 6.05. The molecule has 0 spiro atoms. The molecule has 4 nitrogen and oxygen atoms in total. The smallest absolute Gasteiger partial charge is 0.129 e. The van der Waals surface area contributed by atoms with E-state index in [0.717, 1.165) is 29.7 Å². The molecule has 0 saturated heterocycles. The Morgan fingerprint density at radius 2 is 2.22 bits per heavy atom. The van der Waals surface area contributed by atoms with Crippen LogP contribution in [0.4, 0.5) is 0 Å². The van der Waals surface area contributed by atoms with Gasteiger partial charge in [-0.05, 0) is 38.0 Å². The number of aliphatic hydroxyl groups excluding tert-OH is 1. The monoisotopic (exact) mass is 265 g/mol. The van der Waals surface area contributed by atoms with E-state index in [0.29, 0.717) is 11.1 Å². The molecule has 96 valence electrons. The van der Waals surface area contributed by atoms with Crippen LogP contribution >= 0.6 is 11.6 Å². The Balaban J connectivity index is 2.21. The number of halogens is 1. The van der Waals surface area contributed by atoms with Gasteiger partial charge >= 0.3 is 0 Å². The number of imidazole rings is 1. The number of nitrogens with two attached hydrogens (primary N) is 1. The summed E-state index contributed by atoms with van der Waals surface area (Å²) in [5.74, 6) is 0.754. The Labute approximate surface area is 110 Å². The molecule has 5 heteroatoms. The SMILES string of the molecule is CC(O)C(N)c1nc2ccc(Cl)cc2n1C1CC1. The van der Waals surface area contributed by atoms with Gasteiger partial charge in [0.15, 0.2) is 0 Å². The van der Waals surface area contributed by atoms with E-state index in [9.17, 15) is 5.11 Å². The maximum atomic E-state index is 9.68. The average Bonchev–Trinajstić information content (AvgIpc) is 3.09. The minimum Gasteiger partial charge on any atom is -0.391 e.